The van der Waals surface area contributed by atoms with Crippen LogP contribution >= 0.6 is 55.9 Å². The fourth-order valence-electron chi connectivity index (χ4n) is 17.0. The number of ether oxygens (including phenoxy) is 10. The molecule has 132 heavy (non-hydrogen) atoms. The Morgan fingerprint density at radius 2 is 1.49 bits per heavy atom. The summed E-state index contributed by atoms with van der Waals surface area (Å²) in [5.74, 6) is 8.57. The highest BCUT2D eigenvalue weighted by Crippen LogP contribution is 2.48. The molecule has 728 valence electrons. The molecule has 9 N–H and O–H groups in total. The van der Waals surface area contributed by atoms with Gasteiger partial charge in [-0.2, -0.15) is 5.48 Å². The second kappa shape index (κ2) is 49.3. The van der Waals surface area contributed by atoms with E-state index in [9.17, 15) is 78.3 Å². The number of thioether (sulfide) groups is 1. The topological polar surface area (TPSA) is 442 Å². The van der Waals surface area contributed by atoms with Gasteiger partial charge in [-0.1, -0.05) is 130 Å². The van der Waals surface area contributed by atoms with Crippen LogP contribution in [0.1, 0.15) is 220 Å². The van der Waals surface area contributed by atoms with Gasteiger partial charge in [-0.3, -0.25) is 52.9 Å². The first-order chi connectivity index (χ1) is 62.2. The van der Waals surface area contributed by atoms with Crippen LogP contribution in [0.2, 0.25) is 0 Å². The van der Waals surface area contributed by atoms with Crippen LogP contribution in [0, 0.1) is 76.1 Å². The molecule has 22 atom stereocenters. The van der Waals surface area contributed by atoms with Gasteiger partial charge in [0, 0.05) is 122 Å². The number of rotatable bonds is 43. The summed E-state index contributed by atoms with van der Waals surface area (Å²) in [7, 11) is 5.67. The van der Waals surface area contributed by atoms with Gasteiger partial charge in [-0.25, -0.2) is 4.79 Å². The maximum atomic E-state index is 14.5. The first-order valence-corrected chi connectivity index (χ1v) is 49.5. The number of methoxy groups -OCH3 is 2. The summed E-state index contributed by atoms with van der Waals surface area (Å²) in [4.78, 5) is 154. The van der Waals surface area contributed by atoms with Crippen molar-refractivity contribution in [2.75, 3.05) is 45.0 Å². The zero-order chi connectivity index (χ0) is 97.1. The molecule has 2 bridgehead atoms. The van der Waals surface area contributed by atoms with Gasteiger partial charge in [0.1, 0.15) is 72.1 Å². The van der Waals surface area contributed by atoms with E-state index in [1.807, 2.05) is 78.0 Å². The number of fused-ring (bicyclic) bond motifs is 2. The molecule has 18 unspecified atom stereocenters. The van der Waals surface area contributed by atoms with E-state index in [1.165, 1.54) is 66.7 Å². The highest BCUT2D eigenvalue weighted by atomic mass is 127. The van der Waals surface area contributed by atoms with Gasteiger partial charge in [0.2, 0.25) is 35.0 Å². The Balaban J connectivity index is 0.764. The van der Waals surface area contributed by atoms with Crippen molar-refractivity contribution in [3.63, 3.8) is 0 Å². The molecular weight excluding hydrogens is 1880 g/mol. The average Bonchev–Trinajstić information content (AvgIpc) is 0.952. The number of aliphatic hydroxyl groups excluding tert-OH is 4. The lowest BCUT2D eigenvalue weighted by Crippen LogP contribution is -2.64. The predicted octanol–water partition coefficient (Wildman–Crippen LogP) is 10.6. The molecule has 5 heterocycles. The Morgan fingerprint density at radius 1 is 0.788 bits per heavy atom. The number of amides is 5. The number of halogens is 1. The smallest absolute Gasteiger partial charge is 0.407 e. The molecule has 5 amide bonds. The van der Waals surface area contributed by atoms with Crippen LogP contribution in [-0.2, 0) is 92.5 Å². The van der Waals surface area contributed by atoms with Crippen molar-refractivity contribution in [1.29, 1.82) is 0 Å². The van der Waals surface area contributed by atoms with Crippen LogP contribution in [0.15, 0.2) is 59.2 Å². The summed E-state index contributed by atoms with van der Waals surface area (Å²) in [5.41, 5.74) is 2.91. The fourth-order valence-corrected chi connectivity index (χ4v) is 21.3. The van der Waals surface area contributed by atoms with E-state index in [1.54, 1.807) is 71.9 Å². The largest absolute Gasteiger partial charge is 0.496 e. The third kappa shape index (κ3) is 29.3. The van der Waals surface area contributed by atoms with Crippen molar-refractivity contribution < 1.29 is 130 Å². The predicted molar refractivity (Wildman–Crippen MR) is 503 cm³/mol. The number of alkyl carbamates (subject to hydrolysis) is 1. The Morgan fingerprint density at radius 3 is 2.14 bits per heavy atom. The number of allylic oxidation sites excluding steroid dienone is 3. The van der Waals surface area contributed by atoms with E-state index in [4.69, 9.17) is 52.2 Å². The van der Waals surface area contributed by atoms with Crippen LogP contribution < -0.4 is 30.9 Å². The molecule has 7 aliphatic rings. The number of likely N-dealkylation sites (tertiary alicyclic amines) is 1. The van der Waals surface area contributed by atoms with Crippen LogP contribution in [0.3, 0.4) is 0 Å². The molecule has 36 heteroatoms. The number of Topliss-reactive ketones (excluding diaryl/α,β-unsaturated/α-hetero) is 5. The van der Waals surface area contributed by atoms with E-state index < -0.39 is 149 Å². The minimum absolute atomic E-state index is 0.0134. The summed E-state index contributed by atoms with van der Waals surface area (Å²) in [6.45, 7) is 28.8. The van der Waals surface area contributed by atoms with Gasteiger partial charge in [-0.05, 0) is 169 Å². The van der Waals surface area contributed by atoms with Crippen molar-refractivity contribution in [1.82, 2.24) is 21.0 Å². The minimum atomic E-state index is -2.13. The van der Waals surface area contributed by atoms with E-state index in [-0.39, 0.29) is 187 Å². The number of aliphatic hydroxyl groups is 5. The lowest BCUT2D eigenvalue weighted by atomic mass is 9.72. The maximum absolute atomic E-state index is 14.5. The summed E-state index contributed by atoms with van der Waals surface area (Å²) < 4.78 is 61.8. The number of hydrogen-bond acceptors (Lipinski definition) is 31. The number of benzene rings is 2. The third-order valence-corrected chi connectivity index (χ3v) is 30.7. The van der Waals surface area contributed by atoms with Crippen molar-refractivity contribution in [2.24, 2.45) is 35.0 Å². The van der Waals surface area contributed by atoms with Crippen molar-refractivity contribution in [2.45, 2.75) is 328 Å². The van der Waals surface area contributed by atoms with Crippen LogP contribution in [0.4, 0.5) is 10.5 Å². The summed E-state index contributed by atoms with van der Waals surface area (Å²) in [5, 5.41) is 66.2. The Hall–Kier alpha value is -7.03. The van der Waals surface area contributed by atoms with Crippen molar-refractivity contribution in [3.05, 3.63) is 85.0 Å². The van der Waals surface area contributed by atoms with E-state index in [2.05, 4.69) is 45.1 Å². The SMILES string of the molecule is COc1c(C)c(OC2OC(C)C(O)C(OC)C2O)c(I)c(C)c1C(=O)SC1C(O)CC(ONC2C(C)OC(O[C@H]3C#C/C=C\C#C[C@]4(O)CC(=O)C(CC(C)=O)=C3/C4=C/CSSC(C)(C)CCC(=O)CCCNC(=O)OCc3ccc(NC(=O)[C@H](C)CC(=O)[C@@H](NC(=O)CCCCCN4C(=O)CC(C(C)(C)C)C4=O)C(C)C)cc3)C(OC3CC(C)C(CC(C)=O)CO3)C2O)OC1C. The number of imide groups is 1. The van der Waals surface area contributed by atoms with Crippen LogP contribution in [-0.4, -0.2) is 248 Å². The highest BCUT2D eigenvalue weighted by molar-refractivity contribution is 14.1. The number of hydroxylamine groups is 1. The third-order valence-electron chi connectivity index (χ3n) is 24.8. The molecule has 0 radical (unpaired) electrons. The Kier molecular flexibility index (Phi) is 40.6. The molecule has 2 aromatic carbocycles. The number of carbonyl (C=O) groups excluding carboxylic acids is 11. The second-order valence-electron chi connectivity index (χ2n) is 37.4. The number of nitrogens with one attached hydrogen (secondary N) is 4. The van der Waals surface area contributed by atoms with Crippen LogP contribution in [0.25, 0.3) is 0 Å². The second-order valence-corrected chi connectivity index (χ2v) is 42.6. The monoisotopic (exact) mass is 2010 g/mol. The molecule has 2 aromatic rings. The normalized spacial score (nSPS) is 29.0. The summed E-state index contributed by atoms with van der Waals surface area (Å²) >= 11 is 2.90. The fraction of sp³-hybridized carbons (Fsp3) is 0.656. The van der Waals surface area contributed by atoms with Gasteiger partial charge in [-0.15, -0.1) is 0 Å². The number of ketones is 5. The lowest BCUT2D eigenvalue weighted by molar-refractivity contribution is -0.335. The lowest BCUT2D eigenvalue weighted by Gasteiger charge is -2.46. The Labute approximate surface area is 799 Å². The first kappa shape index (κ1) is 109. The molecular formula is C96H132IN5O27S3. The van der Waals surface area contributed by atoms with E-state index >= 15 is 0 Å². The summed E-state index contributed by atoms with van der Waals surface area (Å²) in [6, 6.07) is 4.72. The molecule has 9 rings (SSSR count). The molecule has 0 aromatic heterocycles. The first-order valence-electron chi connectivity index (χ1n) is 45.2. The van der Waals surface area contributed by atoms with Crippen LogP contribution in [0.5, 0.6) is 11.5 Å². The quantitative estimate of drug-likeness (QED) is 0.00744. The molecule has 5 aliphatic heterocycles. The molecule has 0 spiro atoms. The molecule has 0 saturated carbocycles. The number of anilines is 1. The standard InChI is InChI=1S/C96H132IN5O27S3/c1-50(2)78(100-71(109)29-23-21-25-39-102-72(110)45-66(89(102)115)94(12,13)14)67(106)41-52(4)88(114)99-62-32-30-60(31-33-62)48-122-93(117)98-38-26-27-63(105)34-37-95(15,16)132-130-40-35-65-76-64(44-54(6)104)69(108)47-96(65,118)36-24-20-19-22-28-70(76)126-92-86(127-73-42-51(3)61(49-121-73)43-53(5)103)81(112)79(57(9)124-92)101-129-74-46-68(107)87(59(11)123-74)131-90(116)75-55(7)77(97)84(56(8)83(75)119-17)128-91-82(113)85(120-18)80(111)58(10)125-91/h19-20,30-33,35,50-52,57-59,61,66,68,70,73-74,78-82,85-87,91-92,101,107,111-113,118H,21,23,25-27,29,34,37-49H2,1-18H3,(H,98,117)(H,99,114)(H,100,109)/b20-19-,65-35-/t51?,52-,57?,58?,59?,61?,66?,68?,70+,73?,74?,78+,79?,80?,81?,82?,85?,86?,87?,91?,92?,96+/m1/s1. The summed E-state index contributed by atoms with van der Waals surface area (Å²) in [6.07, 6.45) is -10.1. The van der Waals surface area contributed by atoms with Gasteiger partial charge in [0.25, 0.3) is 0 Å². The highest BCUT2D eigenvalue weighted by Gasteiger charge is 2.53. The van der Waals surface area contributed by atoms with E-state index in [0.29, 0.717) is 64.6 Å². The van der Waals surface area contributed by atoms with Gasteiger partial charge < -0.3 is 93.6 Å². The Bertz CT molecular complexity index is 4690. The number of hydrogen-bond donors (Lipinski definition) is 9. The van der Waals surface area contributed by atoms with Crippen molar-refractivity contribution in [3.8, 4) is 35.2 Å². The zero-order valence-electron chi connectivity index (χ0n) is 78.7. The molecule has 5 saturated heterocycles. The van der Waals surface area contributed by atoms with Gasteiger partial charge >= 0.3 is 6.09 Å². The maximum Gasteiger partial charge on any atom is 0.407 e. The van der Waals surface area contributed by atoms with Gasteiger partial charge in [0.05, 0.1) is 76.9 Å². The zero-order valence-corrected chi connectivity index (χ0v) is 83.3. The van der Waals surface area contributed by atoms with E-state index in [0.717, 1.165) is 11.8 Å². The molecule has 2 aliphatic carbocycles. The number of carbonyl (C=O) groups is 11. The van der Waals surface area contributed by atoms with Gasteiger partial charge in [0.15, 0.2) is 36.0 Å². The average molecular weight is 2010 g/mol. The molecule has 32 nitrogen and oxygen atoms in total. The van der Waals surface area contributed by atoms with Crippen molar-refractivity contribution >= 4 is 125 Å². The number of unbranched alkanes of at least 4 members (excludes halogenated alkanes) is 2. The molecule has 5 fully saturated rings. The number of nitrogens with zero attached hydrogens (tertiary/aromatic N) is 1. The minimum Gasteiger partial charge on any atom is -0.496 e.